The Morgan fingerprint density at radius 1 is 1.30 bits per heavy atom. The van der Waals surface area contributed by atoms with Crippen LogP contribution >= 0.6 is 20.6 Å². The summed E-state index contributed by atoms with van der Waals surface area (Å²) in [5.41, 5.74) is 3.64. The second-order valence-corrected chi connectivity index (χ2v) is 8.51. The highest BCUT2D eigenvalue weighted by Gasteiger charge is 2.24. The zero-order valence-corrected chi connectivity index (χ0v) is 21.6. The van der Waals surface area contributed by atoms with Gasteiger partial charge < -0.3 is 5.32 Å². The standard InChI is InChI=1S/C24H26FN2O2PS.C2H6/c1-5-7-18(16(4)30)13-20(25)21(8-6-2)26-24-22(23(28)27-29)19(14-31-24)17-11-9-15(3)10-12-17;1-2/h5,7-12,14,20,26H,1,4,6,13,30H2,2-3H3;1-2H3/b18-7-,21-8-;. The van der Waals surface area contributed by atoms with Crippen LogP contribution in [0.2, 0.25) is 0 Å². The van der Waals surface area contributed by atoms with Gasteiger partial charge in [-0.15, -0.1) is 25.5 Å². The van der Waals surface area contributed by atoms with E-state index in [1.165, 1.54) is 11.3 Å². The van der Waals surface area contributed by atoms with E-state index in [2.05, 4.69) is 32.9 Å². The molecule has 2 unspecified atom stereocenters. The van der Waals surface area contributed by atoms with Crippen LogP contribution < -0.4 is 5.32 Å². The highest BCUT2D eigenvalue weighted by Crippen LogP contribution is 2.38. The van der Waals surface area contributed by atoms with Crippen molar-refractivity contribution in [3.05, 3.63) is 93.6 Å². The molecule has 2 atom stereocenters. The molecule has 0 bridgehead atoms. The third-order valence-corrected chi connectivity index (χ3v) is 5.87. The van der Waals surface area contributed by atoms with Crippen molar-refractivity contribution in [3.8, 4) is 11.1 Å². The molecule has 1 heterocycles. The quantitative estimate of drug-likeness (QED) is 0.208. The van der Waals surface area contributed by atoms with E-state index in [9.17, 15) is 9.70 Å². The van der Waals surface area contributed by atoms with Crippen molar-refractivity contribution in [2.24, 2.45) is 5.18 Å². The van der Waals surface area contributed by atoms with Gasteiger partial charge in [-0.2, -0.15) is 0 Å². The lowest BCUT2D eigenvalue weighted by molar-refractivity contribution is 0.100. The number of thiophene rings is 1. The Labute approximate surface area is 202 Å². The zero-order valence-electron chi connectivity index (χ0n) is 19.7. The van der Waals surface area contributed by atoms with Crippen molar-refractivity contribution in [1.29, 1.82) is 0 Å². The van der Waals surface area contributed by atoms with Crippen LogP contribution in [0.1, 0.15) is 49.5 Å². The number of nitrogens with zero attached hydrogens (tertiary/aromatic N) is 1. The smallest absolute Gasteiger partial charge is 0.320 e. The number of hydrogen-bond donors (Lipinski definition) is 1. The molecule has 0 saturated heterocycles. The molecule has 1 amide bonds. The molecule has 0 saturated carbocycles. The molecule has 1 aromatic carbocycles. The number of carbonyl (C=O) groups excluding carboxylic acids is 1. The topological polar surface area (TPSA) is 58.5 Å². The summed E-state index contributed by atoms with van der Waals surface area (Å²) in [6.07, 6.45) is 4.37. The molecule has 4 nitrogen and oxygen atoms in total. The third-order valence-electron chi connectivity index (χ3n) is 4.60. The summed E-state index contributed by atoms with van der Waals surface area (Å²) < 4.78 is 15.2. The second-order valence-electron chi connectivity index (χ2n) is 6.93. The number of allylic oxidation sites excluding steroid dienone is 6. The van der Waals surface area contributed by atoms with Crippen LogP contribution in [-0.4, -0.2) is 12.1 Å². The largest absolute Gasteiger partial charge is 0.348 e. The van der Waals surface area contributed by atoms with Crippen LogP contribution in [0.25, 0.3) is 11.1 Å². The van der Waals surface area contributed by atoms with Crippen molar-refractivity contribution in [2.75, 3.05) is 5.32 Å². The molecule has 2 rings (SSSR count). The number of nitrogens with one attached hydrogen (secondary N) is 1. The Kier molecular flexibility index (Phi) is 12.4. The summed E-state index contributed by atoms with van der Waals surface area (Å²) in [7, 11) is 2.47. The second kappa shape index (κ2) is 14.5. The first-order valence-electron chi connectivity index (χ1n) is 10.8. The van der Waals surface area contributed by atoms with Crippen LogP contribution in [0.4, 0.5) is 9.39 Å². The van der Waals surface area contributed by atoms with Crippen LogP contribution in [0, 0.1) is 11.8 Å². The SMILES string of the molecule is C=C/C=C(/CC(F)/C(=C/CC)Nc1scc(-c2ccc(C)cc2)c1C(=O)N=O)C(=C)P.CC. The monoisotopic (exact) mass is 486 g/mol. The predicted octanol–water partition coefficient (Wildman–Crippen LogP) is 8.59. The molecule has 0 aliphatic heterocycles. The minimum absolute atomic E-state index is 0.0958. The van der Waals surface area contributed by atoms with Gasteiger partial charge in [0.05, 0.1) is 5.56 Å². The third kappa shape index (κ3) is 7.99. The van der Waals surface area contributed by atoms with E-state index in [1.54, 1.807) is 23.6 Å². The summed E-state index contributed by atoms with van der Waals surface area (Å²) in [5, 5.41) is 8.51. The number of carbonyl (C=O) groups is 1. The first kappa shape index (κ1) is 28.3. The lowest BCUT2D eigenvalue weighted by Crippen LogP contribution is -2.15. The molecule has 0 fully saturated rings. The van der Waals surface area contributed by atoms with E-state index in [0.717, 1.165) is 11.1 Å². The summed E-state index contributed by atoms with van der Waals surface area (Å²) in [4.78, 5) is 23.4. The van der Waals surface area contributed by atoms with Gasteiger partial charge >= 0.3 is 5.91 Å². The average molecular weight is 487 g/mol. The number of nitroso groups, excluding NO2 is 1. The molecule has 0 spiro atoms. The van der Waals surface area contributed by atoms with Crippen LogP contribution in [-0.2, 0) is 0 Å². The van der Waals surface area contributed by atoms with Crippen LogP contribution in [0.15, 0.2) is 82.8 Å². The Morgan fingerprint density at radius 3 is 2.45 bits per heavy atom. The average Bonchev–Trinajstić information content (AvgIpc) is 3.23. The number of anilines is 1. The molecular formula is C26H32FN2O2PS. The fourth-order valence-electron chi connectivity index (χ4n) is 3.01. The van der Waals surface area contributed by atoms with E-state index in [0.29, 0.717) is 33.6 Å². The Hall–Kier alpha value is -2.69. The number of halogens is 1. The highest BCUT2D eigenvalue weighted by molar-refractivity contribution is 7.23. The first-order chi connectivity index (χ1) is 15.8. The molecule has 176 valence electrons. The number of benzene rings is 1. The van der Waals surface area contributed by atoms with Gasteiger partial charge in [0.1, 0.15) is 11.2 Å². The Morgan fingerprint density at radius 2 is 1.94 bits per heavy atom. The number of rotatable bonds is 10. The lowest BCUT2D eigenvalue weighted by Gasteiger charge is -2.17. The molecule has 0 aliphatic rings. The van der Waals surface area contributed by atoms with Crippen molar-refractivity contribution in [3.63, 3.8) is 0 Å². The summed E-state index contributed by atoms with van der Waals surface area (Å²) >= 11 is 1.24. The predicted molar refractivity (Wildman–Crippen MR) is 145 cm³/mol. The molecule has 1 aromatic heterocycles. The van der Waals surface area contributed by atoms with Gasteiger partial charge in [-0.05, 0) is 29.8 Å². The van der Waals surface area contributed by atoms with Gasteiger partial charge in [0.2, 0.25) is 0 Å². The maximum absolute atomic E-state index is 15.2. The maximum Gasteiger partial charge on any atom is 0.320 e. The highest BCUT2D eigenvalue weighted by atomic mass is 32.1. The van der Waals surface area contributed by atoms with Gasteiger partial charge in [-0.25, -0.2) is 4.39 Å². The fourth-order valence-corrected chi connectivity index (χ4v) is 4.21. The molecule has 0 radical (unpaired) electrons. The van der Waals surface area contributed by atoms with Gasteiger partial charge in [-0.1, -0.05) is 82.0 Å². The number of amides is 1. The fraction of sp³-hybridized carbons (Fsp3) is 0.269. The minimum Gasteiger partial charge on any atom is -0.348 e. The van der Waals surface area contributed by atoms with Gasteiger partial charge in [0, 0.05) is 28.2 Å². The molecule has 1 N–H and O–H groups in total. The van der Waals surface area contributed by atoms with Crippen molar-refractivity contribution in [2.45, 2.75) is 46.7 Å². The summed E-state index contributed by atoms with van der Waals surface area (Å²) in [6, 6.07) is 7.60. The van der Waals surface area contributed by atoms with E-state index < -0.39 is 12.1 Å². The minimum atomic E-state index is -1.36. The van der Waals surface area contributed by atoms with Crippen molar-refractivity contribution in [1.82, 2.24) is 0 Å². The molecule has 0 aliphatic carbocycles. The summed E-state index contributed by atoms with van der Waals surface area (Å²) in [5.74, 6) is -0.892. The van der Waals surface area contributed by atoms with E-state index in [1.807, 2.05) is 52.0 Å². The van der Waals surface area contributed by atoms with E-state index in [-0.39, 0.29) is 12.0 Å². The van der Waals surface area contributed by atoms with Gasteiger partial charge in [-0.3, -0.25) is 4.79 Å². The summed E-state index contributed by atoms with van der Waals surface area (Å²) in [6.45, 7) is 15.4. The van der Waals surface area contributed by atoms with E-state index in [4.69, 9.17) is 0 Å². The van der Waals surface area contributed by atoms with Crippen LogP contribution in [0.3, 0.4) is 0 Å². The number of aryl methyl sites for hydroxylation is 1. The normalized spacial score (nSPS) is 12.3. The van der Waals surface area contributed by atoms with Crippen LogP contribution in [0.5, 0.6) is 0 Å². The van der Waals surface area contributed by atoms with Crippen molar-refractivity contribution >= 4 is 31.5 Å². The maximum atomic E-state index is 15.2. The number of hydrogen-bond acceptors (Lipinski definition) is 4. The molecular weight excluding hydrogens is 454 g/mol. The van der Waals surface area contributed by atoms with Gasteiger partial charge in [0.25, 0.3) is 0 Å². The molecule has 33 heavy (non-hydrogen) atoms. The number of alkyl halides is 1. The Bertz CT molecular complexity index is 1040. The zero-order chi connectivity index (χ0) is 25.0. The van der Waals surface area contributed by atoms with E-state index >= 15 is 4.39 Å². The first-order valence-corrected chi connectivity index (χ1v) is 12.2. The Balaban J connectivity index is 0.00000265. The molecule has 2 aromatic rings. The van der Waals surface area contributed by atoms with Gasteiger partial charge in [0.15, 0.2) is 0 Å². The lowest BCUT2D eigenvalue weighted by atomic mass is 10.0. The molecule has 7 heteroatoms. The van der Waals surface area contributed by atoms with Crippen molar-refractivity contribution < 1.29 is 9.18 Å².